The van der Waals surface area contributed by atoms with Crippen LogP contribution in [0.3, 0.4) is 0 Å². The number of ether oxygens (including phenoxy) is 2. The summed E-state index contributed by atoms with van der Waals surface area (Å²) in [5.41, 5.74) is 0.768. The third-order valence-corrected chi connectivity index (χ3v) is 5.84. The van der Waals surface area contributed by atoms with Crippen molar-refractivity contribution < 1.29 is 19.4 Å². The molecule has 31 heavy (non-hydrogen) atoms. The summed E-state index contributed by atoms with van der Waals surface area (Å²) in [4.78, 5) is 32.4. The van der Waals surface area contributed by atoms with Crippen molar-refractivity contribution in [2.75, 3.05) is 33.9 Å². The Morgan fingerprint density at radius 2 is 1.77 bits per heavy atom. The second kappa shape index (κ2) is 9.13. The van der Waals surface area contributed by atoms with Gasteiger partial charge in [0.25, 0.3) is 5.56 Å². The average Bonchev–Trinajstić information content (AvgIpc) is 2.71. The smallest absolute Gasteiger partial charge is 0.407 e. The van der Waals surface area contributed by atoms with Gasteiger partial charge in [0.05, 0.1) is 31.4 Å². The Morgan fingerprint density at radius 1 is 1.16 bits per heavy atom. The van der Waals surface area contributed by atoms with Gasteiger partial charge in [0.2, 0.25) is 0 Å². The number of hydrogen-bond acceptors (Lipinski definition) is 6. The highest BCUT2D eigenvalue weighted by Crippen LogP contribution is 2.31. The summed E-state index contributed by atoms with van der Waals surface area (Å²) in [5, 5.41) is 9.64. The maximum atomic E-state index is 12.5. The van der Waals surface area contributed by atoms with Crippen LogP contribution in [-0.2, 0) is 6.54 Å². The van der Waals surface area contributed by atoms with Gasteiger partial charge in [0, 0.05) is 49.9 Å². The Morgan fingerprint density at radius 3 is 2.32 bits per heavy atom. The SMILES string of the molecule is COc1cc2ncc(=O)n(CCN3CCC(N(C(=O)O)C(C)(C)C)CC3)c2cc1OC. The van der Waals surface area contributed by atoms with E-state index in [0.717, 1.165) is 25.9 Å². The zero-order chi connectivity index (χ0) is 22.8. The molecule has 1 amide bonds. The molecule has 0 saturated carbocycles. The van der Waals surface area contributed by atoms with Crippen molar-refractivity contribution in [3.63, 3.8) is 0 Å². The zero-order valence-corrected chi connectivity index (χ0v) is 18.9. The van der Waals surface area contributed by atoms with Gasteiger partial charge in [-0.15, -0.1) is 0 Å². The number of rotatable bonds is 6. The molecule has 1 N–H and O–H groups in total. The van der Waals surface area contributed by atoms with Gasteiger partial charge >= 0.3 is 6.09 Å². The first kappa shape index (κ1) is 22.9. The van der Waals surface area contributed by atoms with E-state index in [1.807, 2.05) is 20.8 Å². The van der Waals surface area contributed by atoms with E-state index < -0.39 is 11.6 Å². The van der Waals surface area contributed by atoms with Crippen molar-refractivity contribution in [2.45, 2.75) is 51.7 Å². The lowest BCUT2D eigenvalue weighted by Gasteiger charge is -2.43. The largest absolute Gasteiger partial charge is 0.493 e. The fourth-order valence-corrected chi connectivity index (χ4v) is 4.35. The highest BCUT2D eigenvalue weighted by Gasteiger charge is 2.35. The van der Waals surface area contributed by atoms with Gasteiger partial charge in [-0.2, -0.15) is 0 Å². The first-order chi connectivity index (χ1) is 14.7. The van der Waals surface area contributed by atoms with E-state index in [2.05, 4.69) is 9.88 Å². The number of piperidine rings is 1. The third kappa shape index (κ3) is 4.92. The van der Waals surface area contributed by atoms with Gasteiger partial charge < -0.3 is 28.9 Å². The summed E-state index contributed by atoms with van der Waals surface area (Å²) in [6.45, 7) is 8.58. The second-order valence-electron chi connectivity index (χ2n) is 8.84. The Labute approximate surface area is 182 Å². The minimum atomic E-state index is -0.870. The molecule has 1 aliphatic rings. The van der Waals surface area contributed by atoms with Gasteiger partial charge in [-0.05, 0) is 33.6 Å². The van der Waals surface area contributed by atoms with Crippen molar-refractivity contribution in [2.24, 2.45) is 0 Å². The van der Waals surface area contributed by atoms with E-state index >= 15 is 0 Å². The molecular weight excluding hydrogens is 400 g/mol. The third-order valence-electron chi connectivity index (χ3n) is 5.84. The number of likely N-dealkylation sites (tertiary alicyclic amines) is 1. The quantitative estimate of drug-likeness (QED) is 0.749. The van der Waals surface area contributed by atoms with Crippen molar-refractivity contribution in [1.29, 1.82) is 0 Å². The van der Waals surface area contributed by atoms with Gasteiger partial charge in [0.15, 0.2) is 11.5 Å². The van der Waals surface area contributed by atoms with Crippen LogP contribution >= 0.6 is 0 Å². The molecule has 0 bridgehead atoms. The Hall–Kier alpha value is -2.81. The van der Waals surface area contributed by atoms with Crippen LogP contribution in [0.2, 0.25) is 0 Å². The molecular formula is C22H32N4O5. The summed E-state index contributed by atoms with van der Waals surface area (Å²) in [6.07, 6.45) is 2.01. The molecule has 170 valence electrons. The lowest BCUT2D eigenvalue weighted by Crippen LogP contribution is -2.54. The topological polar surface area (TPSA) is 97.1 Å². The van der Waals surface area contributed by atoms with Crippen LogP contribution in [0.15, 0.2) is 23.1 Å². The summed E-state index contributed by atoms with van der Waals surface area (Å²) < 4.78 is 12.4. The fourth-order valence-electron chi connectivity index (χ4n) is 4.35. The predicted molar refractivity (Wildman–Crippen MR) is 118 cm³/mol. The van der Waals surface area contributed by atoms with Gasteiger partial charge in [-0.25, -0.2) is 9.78 Å². The Balaban J connectivity index is 1.72. The molecule has 2 heterocycles. The summed E-state index contributed by atoms with van der Waals surface area (Å²) in [7, 11) is 3.12. The van der Waals surface area contributed by atoms with Gasteiger partial charge in [-0.3, -0.25) is 4.79 Å². The number of methoxy groups -OCH3 is 2. The van der Waals surface area contributed by atoms with Crippen LogP contribution in [0.4, 0.5) is 4.79 Å². The lowest BCUT2D eigenvalue weighted by atomic mass is 9.97. The van der Waals surface area contributed by atoms with Gasteiger partial charge in [-0.1, -0.05) is 0 Å². The first-order valence-electron chi connectivity index (χ1n) is 10.5. The van der Waals surface area contributed by atoms with Crippen LogP contribution in [0.5, 0.6) is 11.5 Å². The van der Waals surface area contributed by atoms with E-state index in [9.17, 15) is 14.7 Å². The van der Waals surface area contributed by atoms with Crippen LogP contribution in [0.1, 0.15) is 33.6 Å². The molecule has 3 rings (SSSR count). The standard InChI is InChI=1S/C22H32N4O5/c1-22(2,3)26(21(28)29)15-6-8-24(9-7-15)10-11-25-17-13-19(31-5)18(30-4)12-16(17)23-14-20(25)27/h12-15H,6-11H2,1-5H3,(H,28,29). The van der Waals surface area contributed by atoms with Crippen LogP contribution in [0, 0.1) is 0 Å². The van der Waals surface area contributed by atoms with Crippen molar-refractivity contribution in [1.82, 2.24) is 19.4 Å². The maximum Gasteiger partial charge on any atom is 0.407 e. The highest BCUT2D eigenvalue weighted by molar-refractivity contribution is 5.79. The molecule has 0 unspecified atom stereocenters. The number of fused-ring (bicyclic) bond motifs is 1. The average molecular weight is 433 g/mol. The number of carboxylic acid groups (broad SMARTS) is 1. The van der Waals surface area contributed by atoms with Crippen LogP contribution in [-0.4, -0.2) is 76.0 Å². The summed E-state index contributed by atoms with van der Waals surface area (Å²) in [5.74, 6) is 1.12. The normalized spacial score (nSPS) is 15.8. The fraction of sp³-hybridized carbons (Fsp3) is 0.591. The van der Waals surface area contributed by atoms with Gasteiger partial charge in [0.1, 0.15) is 0 Å². The maximum absolute atomic E-state index is 12.5. The van der Waals surface area contributed by atoms with Crippen LogP contribution < -0.4 is 15.0 Å². The molecule has 0 aliphatic carbocycles. The molecule has 1 aromatic carbocycles. The molecule has 0 radical (unpaired) electrons. The molecule has 0 spiro atoms. The molecule has 2 aromatic rings. The minimum Gasteiger partial charge on any atom is -0.493 e. The number of hydrogen-bond donors (Lipinski definition) is 1. The Bertz CT molecular complexity index is 990. The molecule has 0 atom stereocenters. The number of carbonyl (C=O) groups is 1. The molecule has 1 fully saturated rings. The first-order valence-corrected chi connectivity index (χ1v) is 10.5. The summed E-state index contributed by atoms with van der Waals surface area (Å²) >= 11 is 0. The number of nitrogens with zero attached hydrogens (tertiary/aromatic N) is 4. The van der Waals surface area contributed by atoms with Crippen molar-refractivity contribution in [3.05, 3.63) is 28.7 Å². The number of amides is 1. The van der Waals surface area contributed by atoms with E-state index in [1.165, 1.54) is 6.20 Å². The Kier molecular flexibility index (Phi) is 6.74. The minimum absolute atomic E-state index is 0.00922. The molecule has 9 nitrogen and oxygen atoms in total. The molecule has 1 aromatic heterocycles. The van der Waals surface area contributed by atoms with Crippen molar-refractivity contribution in [3.8, 4) is 11.5 Å². The molecule has 1 saturated heterocycles. The van der Waals surface area contributed by atoms with E-state index in [1.54, 1.807) is 35.8 Å². The lowest BCUT2D eigenvalue weighted by molar-refractivity contribution is 0.0417. The molecule has 1 aliphatic heterocycles. The zero-order valence-electron chi connectivity index (χ0n) is 18.9. The number of aromatic nitrogens is 2. The second-order valence-corrected chi connectivity index (χ2v) is 8.84. The number of benzene rings is 1. The summed E-state index contributed by atoms with van der Waals surface area (Å²) in [6, 6.07) is 3.56. The molecule has 9 heteroatoms. The van der Waals surface area contributed by atoms with Crippen LogP contribution in [0.25, 0.3) is 11.0 Å². The highest BCUT2D eigenvalue weighted by atomic mass is 16.5. The van der Waals surface area contributed by atoms with Crippen molar-refractivity contribution >= 4 is 17.1 Å². The predicted octanol–water partition coefficient (Wildman–Crippen LogP) is 2.66. The van der Waals surface area contributed by atoms with E-state index in [0.29, 0.717) is 35.6 Å². The van der Waals surface area contributed by atoms with E-state index in [-0.39, 0.29) is 11.6 Å². The monoisotopic (exact) mass is 432 g/mol. The van der Waals surface area contributed by atoms with E-state index in [4.69, 9.17) is 9.47 Å².